The summed E-state index contributed by atoms with van der Waals surface area (Å²) in [5.41, 5.74) is 0. The number of nitrogens with zero attached hydrogens (tertiary/aromatic N) is 1. The van der Waals surface area contributed by atoms with Crippen molar-refractivity contribution in [2.75, 3.05) is 38.5 Å². The quantitative estimate of drug-likeness (QED) is 0.814. The fraction of sp³-hybridized carbons (Fsp3) is 1.00. The van der Waals surface area contributed by atoms with Crippen LogP contribution >= 0.6 is 11.8 Å². The third kappa shape index (κ3) is 3.94. The molecular formula is C13H26N2S. The summed E-state index contributed by atoms with van der Waals surface area (Å²) >= 11 is 2.17. The first-order valence-corrected chi connectivity index (χ1v) is 7.98. The van der Waals surface area contributed by atoms with Gasteiger partial charge in [0.1, 0.15) is 0 Å². The topological polar surface area (TPSA) is 15.3 Å². The van der Waals surface area contributed by atoms with Gasteiger partial charge >= 0.3 is 0 Å². The molecule has 1 N–H and O–H groups in total. The normalized spacial score (nSPS) is 32.8. The maximum atomic E-state index is 3.52. The van der Waals surface area contributed by atoms with Gasteiger partial charge in [-0.25, -0.2) is 0 Å². The lowest BCUT2D eigenvalue weighted by molar-refractivity contribution is 0.242. The first-order chi connectivity index (χ1) is 7.88. The first-order valence-electron chi connectivity index (χ1n) is 6.93. The van der Waals surface area contributed by atoms with Crippen LogP contribution < -0.4 is 5.32 Å². The molecule has 0 aliphatic carbocycles. The van der Waals surface area contributed by atoms with E-state index in [1.54, 1.807) is 0 Å². The predicted molar refractivity (Wildman–Crippen MR) is 73.2 cm³/mol. The maximum Gasteiger partial charge on any atom is 0.0172 e. The van der Waals surface area contributed by atoms with Crippen LogP contribution in [0, 0.1) is 5.92 Å². The fourth-order valence-electron chi connectivity index (χ4n) is 2.77. The van der Waals surface area contributed by atoms with E-state index < -0.39 is 0 Å². The van der Waals surface area contributed by atoms with Crippen molar-refractivity contribution < 1.29 is 0 Å². The number of hydrogen-bond donors (Lipinski definition) is 1. The van der Waals surface area contributed by atoms with E-state index in [-0.39, 0.29) is 0 Å². The Bertz CT molecular complexity index is 192. The lowest BCUT2D eigenvalue weighted by Gasteiger charge is -2.33. The molecule has 2 aliphatic heterocycles. The summed E-state index contributed by atoms with van der Waals surface area (Å²) in [6, 6.07) is 0. The van der Waals surface area contributed by atoms with E-state index in [1.807, 2.05) is 0 Å². The number of nitrogens with one attached hydrogen (secondary N) is 1. The Hall–Kier alpha value is 0.270. The molecule has 2 rings (SSSR count). The summed E-state index contributed by atoms with van der Waals surface area (Å²) in [7, 11) is 0. The Labute approximate surface area is 105 Å². The molecule has 0 aromatic heterocycles. The SMILES string of the molecule is CCC1CN(CCC2CCCNC2)CCS1. The van der Waals surface area contributed by atoms with E-state index in [4.69, 9.17) is 0 Å². The highest BCUT2D eigenvalue weighted by atomic mass is 32.2. The molecule has 94 valence electrons. The van der Waals surface area contributed by atoms with E-state index >= 15 is 0 Å². The maximum absolute atomic E-state index is 3.52. The van der Waals surface area contributed by atoms with Gasteiger partial charge in [-0.2, -0.15) is 11.8 Å². The molecule has 0 radical (unpaired) electrons. The van der Waals surface area contributed by atoms with Crippen LogP contribution in [0.25, 0.3) is 0 Å². The van der Waals surface area contributed by atoms with Crippen LogP contribution in [0.2, 0.25) is 0 Å². The van der Waals surface area contributed by atoms with Crippen LogP contribution in [0.1, 0.15) is 32.6 Å². The second kappa shape index (κ2) is 6.87. The van der Waals surface area contributed by atoms with Crippen LogP contribution in [0.5, 0.6) is 0 Å². The molecule has 0 aromatic carbocycles. The average molecular weight is 242 g/mol. The average Bonchev–Trinajstić information content (AvgIpc) is 2.38. The van der Waals surface area contributed by atoms with Crippen molar-refractivity contribution in [2.45, 2.75) is 37.9 Å². The molecular weight excluding hydrogens is 216 g/mol. The molecule has 2 fully saturated rings. The van der Waals surface area contributed by atoms with Gasteiger partial charge in [0.05, 0.1) is 0 Å². The molecule has 2 unspecified atom stereocenters. The molecule has 2 aliphatic rings. The van der Waals surface area contributed by atoms with Crippen LogP contribution in [-0.2, 0) is 0 Å². The summed E-state index contributed by atoms with van der Waals surface area (Å²) in [5, 5.41) is 4.42. The standard InChI is InChI=1S/C13H26N2S/c1-2-13-11-15(8-9-16-13)7-5-12-4-3-6-14-10-12/h12-14H,2-11H2,1H3. The second-order valence-corrected chi connectivity index (χ2v) is 6.61. The summed E-state index contributed by atoms with van der Waals surface area (Å²) in [5.74, 6) is 2.30. The van der Waals surface area contributed by atoms with Gasteiger partial charge in [0, 0.05) is 24.1 Å². The highest BCUT2D eigenvalue weighted by Gasteiger charge is 2.20. The molecule has 0 saturated carbocycles. The Morgan fingerprint density at radius 1 is 1.44 bits per heavy atom. The zero-order chi connectivity index (χ0) is 11.2. The molecule has 2 heterocycles. The minimum Gasteiger partial charge on any atom is -0.316 e. The van der Waals surface area contributed by atoms with Gasteiger partial charge in [-0.05, 0) is 51.2 Å². The Morgan fingerprint density at radius 3 is 3.12 bits per heavy atom. The van der Waals surface area contributed by atoms with Gasteiger partial charge in [-0.1, -0.05) is 6.92 Å². The smallest absolute Gasteiger partial charge is 0.0172 e. The summed E-state index contributed by atoms with van der Waals surface area (Å²) in [4.78, 5) is 2.69. The Balaban J connectivity index is 1.64. The van der Waals surface area contributed by atoms with Gasteiger partial charge in [0.25, 0.3) is 0 Å². The predicted octanol–water partition coefficient (Wildman–Crippen LogP) is 2.20. The highest BCUT2D eigenvalue weighted by molar-refractivity contribution is 8.00. The zero-order valence-electron chi connectivity index (χ0n) is 10.6. The second-order valence-electron chi connectivity index (χ2n) is 5.20. The van der Waals surface area contributed by atoms with Crippen LogP contribution in [0.15, 0.2) is 0 Å². The van der Waals surface area contributed by atoms with Crippen LogP contribution in [0.3, 0.4) is 0 Å². The Morgan fingerprint density at radius 2 is 2.38 bits per heavy atom. The number of rotatable bonds is 4. The zero-order valence-corrected chi connectivity index (χ0v) is 11.4. The van der Waals surface area contributed by atoms with Gasteiger partial charge in [-0.15, -0.1) is 0 Å². The lowest BCUT2D eigenvalue weighted by atomic mass is 9.96. The van der Waals surface area contributed by atoms with E-state index in [0.29, 0.717) is 0 Å². The van der Waals surface area contributed by atoms with E-state index in [9.17, 15) is 0 Å². The van der Waals surface area contributed by atoms with Gasteiger partial charge < -0.3 is 10.2 Å². The van der Waals surface area contributed by atoms with Crippen molar-refractivity contribution in [1.29, 1.82) is 0 Å². The summed E-state index contributed by atoms with van der Waals surface area (Å²) in [6.07, 6.45) is 5.59. The van der Waals surface area contributed by atoms with Crippen molar-refractivity contribution in [3.8, 4) is 0 Å². The van der Waals surface area contributed by atoms with Crippen molar-refractivity contribution >= 4 is 11.8 Å². The molecule has 0 aromatic rings. The van der Waals surface area contributed by atoms with Crippen molar-refractivity contribution in [2.24, 2.45) is 5.92 Å². The molecule has 0 bridgehead atoms. The van der Waals surface area contributed by atoms with Crippen molar-refractivity contribution in [3.05, 3.63) is 0 Å². The third-order valence-corrected chi connectivity index (χ3v) is 5.30. The monoisotopic (exact) mass is 242 g/mol. The van der Waals surface area contributed by atoms with Gasteiger partial charge in [-0.3, -0.25) is 0 Å². The van der Waals surface area contributed by atoms with E-state index in [2.05, 4.69) is 28.9 Å². The highest BCUT2D eigenvalue weighted by Crippen LogP contribution is 2.22. The molecule has 3 heteroatoms. The van der Waals surface area contributed by atoms with Crippen molar-refractivity contribution in [3.63, 3.8) is 0 Å². The molecule has 2 atom stereocenters. The first kappa shape index (κ1) is 12.7. The van der Waals surface area contributed by atoms with E-state index in [1.165, 1.54) is 64.2 Å². The third-order valence-electron chi connectivity index (χ3n) is 3.93. The molecule has 0 spiro atoms. The van der Waals surface area contributed by atoms with Crippen LogP contribution in [-0.4, -0.2) is 48.6 Å². The fourth-order valence-corrected chi connectivity index (χ4v) is 4.01. The lowest BCUT2D eigenvalue weighted by Crippen LogP contribution is -2.40. The largest absolute Gasteiger partial charge is 0.316 e. The van der Waals surface area contributed by atoms with Crippen LogP contribution in [0.4, 0.5) is 0 Å². The molecule has 2 saturated heterocycles. The number of thioether (sulfide) groups is 1. The van der Waals surface area contributed by atoms with Gasteiger partial charge in [0.15, 0.2) is 0 Å². The van der Waals surface area contributed by atoms with E-state index in [0.717, 1.165) is 11.2 Å². The number of hydrogen-bond acceptors (Lipinski definition) is 3. The van der Waals surface area contributed by atoms with Gasteiger partial charge in [0.2, 0.25) is 0 Å². The summed E-state index contributed by atoms with van der Waals surface area (Å²) < 4.78 is 0. The van der Waals surface area contributed by atoms with Crippen molar-refractivity contribution in [1.82, 2.24) is 10.2 Å². The minimum absolute atomic E-state index is 0.901. The number of piperidine rings is 1. The minimum atomic E-state index is 0.901. The Kier molecular flexibility index (Phi) is 5.46. The molecule has 0 amide bonds. The molecule has 2 nitrogen and oxygen atoms in total. The molecule has 16 heavy (non-hydrogen) atoms. The summed E-state index contributed by atoms with van der Waals surface area (Å²) in [6.45, 7) is 8.83.